The Bertz CT molecular complexity index is 672. The Morgan fingerprint density at radius 2 is 2.15 bits per heavy atom. The lowest BCUT2D eigenvalue weighted by Crippen LogP contribution is -2.41. The molecule has 2 rings (SSSR count). The van der Waals surface area contributed by atoms with E-state index in [0.717, 1.165) is 0 Å². The van der Waals surface area contributed by atoms with E-state index in [1.807, 2.05) is 6.08 Å². The molecule has 27 heavy (non-hydrogen) atoms. The molecule has 1 aromatic rings. The first-order valence-electron chi connectivity index (χ1n) is 9.03. The number of nitrogens with zero attached hydrogens (tertiary/aromatic N) is 1. The fourth-order valence-corrected chi connectivity index (χ4v) is 4.84. The molecular formula is C18H27N2O6P. The van der Waals surface area contributed by atoms with Gasteiger partial charge in [0.25, 0.3) is 5.91 Å². The number of carbonyl (C=O) groups is 1. The molecule has 2 unspecified atom stereocenters. The van der Waals surface area contributed by atoms with E-state index in [9.17, 15) is 14.5 Å². The molecule has 2 N–H and O–H groups in total. The Labute approximate surface area is 159 Å². The summed E-state index contributed by atoms with van der Waals surface area (Å²) in [6.45, 7) is 4.46. The van der Waals surface area contributed by atoms with Crippen molar-refractivity contribution in [1.29, 1.82) is 0 Å². The fraction of sp³-hybridized carbons (Fsp3) is 0.556. The van der Waals surface area contributed by atoms with Crippen molar-refractivity contribution in [2.75, 3.05) is 33.0 Å². The van der Waals surface area contributed by atoms with Gasteiger partial charge >= 0.3 is 7.60 Å². The topological polar surface area (TPSA) is 107 Å². The van der Waals surface area contributed by atoms with E-state index in [1.165, 1.54) is 6.20 Å². The largest absolute Gasteiger partial charge is 0.388 e. The predicted octanol–water partition coefficient (Wildman–Crippen LogP) is 2.15. The van der Waals surface area contributed by atoms with Crippen LogP contribution in [-0.4, -0.2) is 60.7 Å². The monoisotopic (exact) mass is 398 g/mol. The second-order valence-corrected chi connectivity index (χ2v) is 8.22. The summed E-state index contributed by atoms with van der Waals surface area (Å²) < 4.78 is 29.5. The van der Waals surface area contributed by atoms with E-state index in [2.05, 4.69) is 10.3 Å². The summed E-state index contributed by atoms with van der Waals surface area (Å²) >= 11 is 0. The van der Waals surface area contributed by atoms with Gasteiger partial charge in [-0.3, -0.25) is 14.3 Å². The van der Waals surface area contributed by atoms with Crippen molar-refractivity contribution in [2.24, 2.45) is 0 Å². The van der Waals surface area contributed by atoms with Crippen LogP contribution in [0.2, 0.25) is 0 Å². The van der Waals surface area contributed by atoms with Gasteiger partial charge in [-0.05, 0) is 38.0 Å². The molecule has 0 saturated heterocycles. The number of ether oxygens (including phenoxy) is 1. The minimum absolute atomic E-state index is 0.0798. The van der Waals surface area contributed by atoms with Crippen LogP contribution in [0.15, 0.2) is 36.2 Å². The Balaban J connectivity index is 2.21. The third kappa shape index (κ3) is 5.96. The first-order chi connectivity index (χ1) is 13.0. The molecule has 0 spiro atoms. The first-order valence-corrected chi connectivity index (χ1v) is 10.6. The van der Waals surface area contributed by atoms with Crippen LogP contribution in [0.5, 0.6) is 0 Å². The summed E-state index contributed by atoms with van der Waals surface area (Å²) in [6, 6.07) is 3.27. The number of aliphatic hydroxyl groups excluding tert-OH is 1. The first kappa shape index (κ1) is 21.7. The van der Waals surface area contributed by atoms with Crippen molar-refractivity contribution in [2.45, 2.75) is 32.0 Å². The van der Waals surface area contributed by atoms with Crippen molar-refractivity contribution in [3.8, 4) is 0 Å². The van der Waals surface area contributed by atoms with Gasteiger partial charge in [0.05, 0.1) is 38.1 Å². The van der Waals surface area contributed by atoms with Gasteiger partial charge in [0, 0.05) is 18.9 Å². The van der Waals surface area contributed by atoms with Crippen molar-refractivity contribution >= 4 is 13.5 Å². The zero-order valence-corrected chi connectivity index (χ0v) is 16.6. The lowest BCUT2D eigenvalue weighted by molar-refractivity contribution is 0.0927. The molecule has 1 aliphatic heterocycles. The van der Waals surface area contributed by atoms with Gasteiger partial charge in [-0.2, -0.15) is 0 Å². The van der Waals surface area contributed by atoms with Crippen molar-refractivity contribution in [3.05, 3.63) is 41.7 Å². The van der Waals surface area contributed by atoms with Gasteiger partial charge in [0.15, 0.2) is 0 Å². The van der Waals surface area contributed by atoms with E-state index in [1.54, 1.807) is 32.2 Å². The summed E-state index contributed by atoms with van der Waals surface area (Å²) in [5.74, 6) is -0.381. The van der Waals surface area contributed by atoms with Gasteiger partial charge in [-0.15, -0.1) is 0 Å². The normalized spacial score (nSPS) is 17.1. The highest BCUT2D eigenvalue weighted by Crippen LogP contribution is 2.54. The van der Waals surface area contributed by atoms with Crippen LogP contribution in [0.3, 0.4) is 0 Å². The third-order valence-electron chi connectivity index (χ3n) is 4.10. The number of hydrogen-bond donors (Lipinski definition) is 2. The van der Waals surface area contributed by atoms with Crippen molar-refractivity contribution in [1.82, 2.24) is 10.3 Å². The summed E-state index contributed by atoms with van der Waals surface area (Å²) in [7, 11) is -3.68. The van der Waals surface area contributed by atoms with Crippen LogP contribution in [0.1, 0.15) is 30.6 Å². The zero-order chi connectivity index (χ0) is 19.7. The van der Waals surface area contributed by atoms with Gasteiger partial charge in [0.1, 0.15) is 5.66 Å². The molecule has 0 radical (unpaired) electrons. The molecule has 0 saturated carbocycles. The molecule has 0 bridgehead atoms. The van der Waals surface area contributed by atoms with E-state index < -0.39 is 19.4 Å². The molecule has 150 valence electrons. The maximum Gasteiger partial charge on any atom is 0.338 e. The van der Waals surface area contributed by atoms with Gasteiger partial charge in [-0.1, -0.05) is 6.08 Å². The maximum atomic E-state index is 13.3. The lowest BCUT2D eigenvalue weighted by Gasteiger charge is -2.32. The molecule has 2 heterocycles. The number of pyridine rings is 1. The number of hydrogen-bond acceptors (Lipinski definition) is 7. The third-order valence-corrected chi connectivity index (χ3v) is 6.62. The van der Waals surface area contributed by atoms with Crippen LogP contribution >= 0.6 is 7.60 Å². The Hall–Kier alpha value is -1.57. The molecule has 1 amide bonds. The number of nitrogens with one attached hydrogen (secondary N) is 1. The molecule has 0 fully saturated rings. The average Bonchev–Trinajstić information content (AvgIpc) is 2.69. The SMILES string of the molecule is CCOP(=O)(OCC)C(CNC(=O)c1cccnc1)C(O)C1=CCCOC1. The number of aromatic nitrogens is 1. The van der Waals surface area contributed by atoms with Crippen LogP contribution in [0.25, 0.3) is 0 Å². The Morgan fingerprint density at radius 3 is 2.70 bits per heavy atom. The molecule has 1 aliphatic rings. The Kier molecular flexibility index (Phi) is 8.60. The lowest BCUT2D eigenvalue weighted by atomic mass is 10.0. The number of carbonyl (C=O) groups excluding carboxylic acids is 1. The summed E-state index contributed by atoms with van der Waals surface area (Å²) in [4.78, 5) is 16.3. The highest BCUT2D eigenvalue weighted by molar-refractivity contribution is 7.54. The van der Waals surface area contributed by atoms with E-state index >= 15 is 0 Å². The van der Waals surface area contributed by atoms with Crippen molar-refractivity contribution in [3.63, 3.8) is 0 Å². The van der Waals surface area contributed by atoms with Gasteiger partial charge < -0.3 is 24.2 Å². The smallest absolute Gasteiger partial charge is 0.338 e. The molecule has 0 aliphatic carbocycles. The molecule has 1 aromatic heterocycles. The predicted molar refractivity (Wildman–Crippen MR) is 101 cm³/mol. The summed E-state index contributed by atoms with van der Waals surface area (Å²) in [5.41, 5.74) is 0.0288. The zero-order valence-electron chi connectivity index (χ0n) is 15.7. The van der Waals surface area contributed by atoms with Crippen molar-refractivity contribution < 1.29 is 28.3 Å². The van der Waals surface area contributed by atoms with Gasteiger partial charge in [-0.25, -0.2) is 0 Å². The standard InChI is InChI=1S/C18H27N2O6P/c1-3-25-27(23,26-4-2)16(17(21)15-8-6-10-24-13-15)12-20-18(22)14-7-5-9-19-11-14/h5,7-9,11,16-17,21H,3-4,6,10,12-13H2,1-2H3,(H,20,22). The molecule has 9 heteroatoms. The second-order valence-electron chi connectivity index (χ2n) is 5.96. The highest BCUT2D eigenvalue weighted by atomic mass is 31.2. The number of amides is 1. The highest BCUT2D eigenvalue weighted by Gasteiger charge is 2.42. The van der Waals surface area contributed by atoms with E-state index in [0.29, 0.717) is 24.2 Å². The minimum Gasteiger partial charge on any atom is -0.388 e. The van der Waals surface area contributed by atoms with Gasteiger partial charge in [0.2, 0.25) is 0 Å². The van der Waals surface area contributed by atoms with Crippen LogP contribution in [-0.2, 0) is 18.3 Å². The number of aliphatic hydroxyl groups is 1. The Morgan fingerprint density at radius 1 is 1.41 bits per heavy atom. The minimum atomic E-state index is -3.68. The summed E-state index contributed by atoms with van der Waals surface area (Å²) in [5, 5.41) is 13.6. The second kappa shape index (κ2) is 10.7. The summed E-state index contributed by atoms with van der Waals surface area (Å²) in [6.07, 6.45) is 4.41. The van der Waals surface area contributed by atoms with Crippen LogP contribution in [0, 0.1) is 0 Å². The van der Waals surface area contributed by atoms with Crippen LogP contribution in [0.4, 0.5) is 0 Å². The van der Waals surface area contributed by atoms with Crippen LogP contribution < -0.4 is 5.32 Å². The van der Waals surface area contributed by atoms with E-state index in [4.69, 9.17) is 13.8 Å². The molecule has 0 aromatic carbocycles. The average molecular weight is 398 g/mol. The number of rotatable bonds is 10. The molecule has 2 atom stereocenters. The van der Waals surface area contributed by atoms with E-state index in [-0.39, 0.29) is 32.3 Å². The quantitative estimate of drug-likeness (QED) is 0.459. The fourth-order valence-electron chi connectivity index (χ4n) is 2.81. The molecular weight excluding hydrogens is 371 g/mol. The maximum absolute atomic E-state index is 13.3. The molecule has 8 nitrogen and oxygen atoms in total.